The van der Waals surface area contributed by atoms with Crippen LogP contribution in [0.1, 0.15) is 6.92 Å². The van der Waals surface area contributed by atoms with E-state index in [0.717, 1.165) is 13.0 Å². The van der Waals surface area contributed by atoms with Gasteiger partial charge in [0.05, 0.1) is 0 Å². The molecule has 0 spiro atoms. The number of anilines is 3. The zero-order valence-corrected chi connectivity index (χ0v) is 15.2. The van der Waals surface area contributed by atoms with Gasteiger partial charge in [0.1, 0.15) is 0 Å². The fourth-order valence-corrected chi connectivity index (χ4v) is 3.84. The van der Waals surface area contributed by atoms with Gasteiger partial charge in [-0.1, -0.05) is 0 Å². The molecule has 5 N–H and O–H groups in total. The molecule has 0 bridgehead atoms. The summed E-state index contributed by atoms with van der Waals surface area (Å²) in [7, 11) is 0. The number of benzene rings is 2. The maximum absolute atomic E-state index is 12.1. The van der Waals surface area contributed by atoms with E-state index in [1.807, 2.05) is 0 Å². The number of halogens is 2. The summed E-state index contributed by atoms with van der Waals surface area (Å²) in [5.41, 5.74) is 0.403. The van der Waals surface area contributed by atoms with Gasteiger partial charge in [-0.15, -0.1) is 0 Å². The number of hydrogen-bond donors (Lipinski definition) is 5. The van der Waals surface area contributed by atoms with Crippen LogP contribution in [-0.4, -0.2) is 40.0 Å². The predicted octanol–water partition coefficient (Wildman–Crippen LogP) is 1.26. The van der Waals surface area contributed by atoms with Crippen molar-refractivity contribution in [3.05, 3.63) is 36.4 Å². The number of ether oxygens (including phenoxy) is 1. The van der Waals surface area contributed by atoms with Crippen LogP contribution in [0, 0.1) is 0 Å². The van der Waals surface area contributed by atoms with Crippen molar-refractivity contribution in [2.45, 2.75) is 13.5 Å². The second kappa shape index (κ2) is 7.77. The zero-order chi connectivity index (χ0) is 19.5. The standard InChI is InChI=1S/C15H15AsF2N2O6/c1-8(21)19-12-6-10(7-13(22)14(12)16(23,24)25)20-9-2-4-11(5-3-9)26-15(17)18/h2-7,15,20,22H,1H3,(H,19,21)(H2,23,24,25). The number of amides is 1. The first-order valence-electron chi connectivity index (χ1n) is 7.09. The fraction of sp³-hybridized carbons (Fsp3) is 0.133. The van der Waals surface area contributed by atoms with E-state index in [2.05, 4.69) is 15.4 Å². The zero-order valence-electron chi connectivity index (χ0n) is 13.3. The molecule has 0 atom stereocenters. The van der Waals surface area contributed by atoms with Crippen molar-refractivity contribution in [2.75, 3.05) is 10.6 Å². The molecule has 2 aromatic rings. The number of aromatic hydroxyl groups is 1. The minimum absolute atomic E-state index is 0.0493. The molecular weight excluding hydrogens is 417 g/mol. The third-order valence-corrected chi connectivity index (χ3v) is 5.27. The van der Waals surface area contributed by atoms with Crippen molar-refractivity contribution < 1.29 is 35.3 Å². The van der Waals surface area contributed by atoms with Crippen LogP contribution in [0.4, 0.5) is 25.8 Å². The third kappa shape index (κ3) is 5.22. The Morgan fingerprint density at radius 2 is 1.77 bits per heavy atom. The number of carbonyl (C=O) groups excluding carboxylic acids is 1. The molecule has 0 aliphatic heterocycles. The Hall–Kier alpha value is -2.55. The molecule has 0 aliphatic rings. The quantitative estimate of drug-likeness (QED) is 0.435. The molecule has 8 nitrogen and oxygen atoms in total. The third-order valence-electron chi connectivity index (χ3n) is 3.06. The van der Waals surface area contributed by atoms with Crippen LogP contribution < -0.4 is 19.7 Å². The molecule has 0 saturated heterocycles. The van der Waals surface area contributed by atoms with E-state index >= 15 is 0 Å². The van der Waals surface area contributed by atoms with Gasteiger partial charge in [-0.25, -0.2) is 0 Å². The van der Waals surface area contributed by atoms with Crippen molar-refractivity contribution >= 4 is 41.5 Å². The number of phenolic OH excluding ortho intramolecular Hbond substituents is 1. The van der Waals surface area contributed by atoms with Gasteiger partial charge in [0.25, 0.3) is 0 Å². The Morgan fingerprint density at radius 1 is 1.15 bits per heavy atom. The molecule has 0 aliphatic carbocycles. The first-order chi connectivity index (χ1) is 12.1. The molecule has 1 amide bonds. The average Bonchev–Trinajstić information content (AvgIpc) is 2.46. The summed E-state index contributed by atoms with van der Waals surface area (Å²) in [4.78, 5) is 11.3. The van der Waals surface area contributed by atoms with Crippen LogP contribution >= 0.6 is 0 Å². The molecule has 11 heteroatoms. The van der Waals surface area contributed by atoms with Crippen molar-refractivity contribution in [1.29, 1.82) is 0 Å². The predicted molar refractivity (Wildman–Crippen MR) is 89.3 cm³/mol. The Labute approximate surface area is 149 Å². The molecule has 2 rings (SSSR count). The average molecular weight is 432 g/mol. The van der Waals surface area contributed by atoms with Gasteiger partial charge >= 0.3 is 149 Å². The van der Waals surface area contributed by atoms with Crippen LogP contribution in [0.3, 0.4) is 0 Å². The van der Waals surface area contributed by atoms with Crippen molar-refractivity contribution in [2.24, 2.45) is 0 Å². The number of nitrogens with one attached hydrogen (secondary N) is 2. The Kier molecular flexibility index (Phi) is 5.91. The normalized spacial score (nSPS) is 11.3. The van der Waals surface area contributed by atoms with E-state index in [9.17, 15) is 30.6 Å². The second-order valence-corrected chi connectivity index (χ2v) is 8.37. The summed E-state index contributed by atoms with van der Waals surface area (Å²) < 4.78 is 58.3. The Morgan fingerprint density at radius 3 is 2.27 bits per heavy atom. The monoisotopic (exact) mass is 432 g/mol. The van der Waals surface area contributed by atoms with E-state index in [1.54, 1.807) is 0 Å². The molecule has 140 valence electrons. The van der Waals surface area contributed by atoms with Gasteiger partial charge in [-0.3, -0.25) is 0 Å². The van der Waals surface area contributed by atoms with Crippen molar-refractivity contribution in [3.8, 4) is 11.5 Å². The summed E-state index contributed by atoms with van der Waals surface area (Å²) in [6, 6.07) is 7.73. The van der Waals surface area contributed by atoms with Gasteiger partial charge < -0.3 is 0 Å². The van der Waals surface area contributed by atoms with E-state index in [1.165, 1.54) is 30.3 Å². The molecular formula is C15H15AsF2N2O6. The molecule has 0 saturated carbocycles. The van der Waals surface area contributed by atoms with Crippen molar-refractivity contribution in [3.63, 3.8) is 0 Å². The first-order valence-corrected chi connectivity index (χ1v) is 10.5. The first kappa shape index (κ1) is 19.8. The van der Waals surface area contributed by atoms with Crippen LogP contribution in [-0.2, 0) is 8.53 Å². The fourth-order valence-electron chi connectivity index (χ4n) is 2.17. The van der Waals surface area contributed by atoms with E-state index in [-0.39, 0.29) is 17.1 Å². The maximum atomic E-state index is 12.1. The van der Waals surface area contributed by atoms with E-state index in [0.29, 0.717) is 5.69 Å². The molecule has 0 radical (unpaired) electrons. The number of hydrogen-bond acceptors (Lipinski definition) is 5. The molecule has 0 aromatic heterocycles. The van der Waals surface area contributed by atoms with E-state index in [4.69, 9.17) is 0 Å². The minimum atomic E-state index is -5.52. The van der Waals surface area contributed by atoms with Crippen LogP contribution in [0.25, 0.3) is 0 Å². The van der Waals surface area contributed by atoms with Crippen LogP contribution in [0.5, 0.6) is 11.5 Å². The SMILES string of the molecule is CC(=O)Nc1cc(Nc2ccc(OC(F)F)cc2)cc(O)c1[As](=O)(O)O. The van der Waals surface area contributed by atoms with Gasteiger partial charge in [-0.05, 0) is 0 Å². The second-order valence-electron chi connectivity index (χ2n) is 5.14. The summed E-state index contributed by atoms with van der Waals surface area (Å²) in [5.74, 6) is -1.32. The van der Waals surface area contributed by atoms with Gasteiger partial charge in [0.15, 0.2) is 0 Å². The van der Waals surface area contributed by atoms with E-state index < -0.39 is 36.8 Å². The van der Waals surface area contributed by atoms with Crippen LogP contribution in [0.2, 0.25) is 0 Å². The molecule has 0 heterocycles. The van der Waals surface area contributed by atoms with Crippen LogP contribution in [0.15, 0.2) is 36.4 Å². The summed E-state index contributed by atoms with van der Waals surface area (Å²) >= 11 is -5.52. The molecule has 0 fully saturated rings. The Bertz CT molecular complexity index is 854. The summed E-state index contributed by atoms with van der Waals surface area (Å²) in [6.45, 7) is -1.80. The summed E-state index contributed by atoms with van der Waals surface area (Å²) in [6.07, 6.45) is 0. The number of phenols is 1. The summed E-state index contributed by atoms with van der Waals surface area (Å²) in [5, 5.41) is 15.0. The van der Waals surface area contributed by atoms with Crippen molar-refractivity contribution in [1.82, 2.24) is 0 Å². The topological polar surface area (TPSA) is 128 Å². The molecule has 26 heavy (non-hydrogen) atoms. The number of alkyl halides is 2. The van der Waals surface area contributed by atoms with Gasteiger partial charge in [0.2, 0.25) is 0 Å². The molecule has 2 aromatic carbocycles. The van der Waals surface area contributed by atoms with Gasteiger partial charge in [-0.2, -0.15) is 0 Å². The number of carbonyl (C=O) groups is 1. The number of rotatable bonds is 6. The Balaban J connectivity index is 2.34. The van der Waals surface area contributed by atoms with Gasteiger partial charge in [0, 0.05) is 0 Å². The molecule has 0 unspecified atom stereocenters.